The Hall–Kier alpha value is 0.440. The second kappa shape index (κ2) is 16.4. The van der Waals surface area contributed by atoms with Crippen molar-refractivity contribution in [3.05, 3.63) is 11.5 Å². The summed E-state index contributed by atoms with van der Waals surface area (Å²) in [6, 6.07) is 0. The molecule has 1 aliphatic heterocycles. The van der Waals surface area contributed by atoms with Gasteiger partial charge in [-0.15, -0.1) is 0 Å². The minimum atomic E-state index is 1.20. The van der Waals surface area contributed by atoms with Gasteiger partial charge in [-0.3, -0.25) is 0 Å². The molecule has 0 aromatic heterocycles. The highest BCUT2D eigenvalue weighted by molar-refractivity contribution is 8.78. The first-order valence-electron chi connectivity index (χ1n) is 7.35. The highest BCUT2D eigenvalue weighted by Crippen LogP contribution is 2.27. The van der Waals surface area contributed by atoms with Crippen LogP contribution in [0.4, 0.5) is 0 Å². The van der Waals surface area contributed by atoms with Gasteiger partial charge >= 0.3 is 0 Å². The predicted molar refractivity (Wildman–Crippen MR) is 86.7 cm³/mol. The molecule has 0 atom stereocenters. The van der Waals surface area contributed by atoms with Crippen LogP contribution in [0, 0.1) is 0 Å². The molecule has 0 saturated heterocycles. The van der Waals surface area contributed by atoms with Gasteiger partial charge in [-0.2, -0.15) is 0 Å². The highest BCUT2D eigenvalue weighted by atomic mass is 33.1. The maximum Gasteiger partial charge on any atom is 0.0229 e. The van der Waals surface area contributed by atoms with Crippen molar-refractivity contribution < 1.29 is 0 Å². The molecule has 1 heterocycles. The van der Waals surface area contributed by atoms with Crippen LogP contribution >= 0.6 is 21.6 Å². The van der Waals surface area contributed by atoms with Crippen LogP contribution in [0.5, 0.6) is 0 Å². The van der Waals surface area contributed by atoms with E-state index in [2.05, 4.69) is 25.3 Å². The third kappa shape index (κ3) is 16.4. The van der Waals surface area contributed by atoms with Crippen molar-refractivity contribution in [2.24, 2.45) is 0 Å². The molecular weight excluding hydrogens is 244 g/mol. The lowest BCUT2D eigenvalue weighted by Crippen LogP contribution is -1.80. The van der Waals surface area contributed by atoms with Crippen LogP contribution in [-0.2, 0) is 0 Å². The fourth-order valence-corrected chi connectivity index (χ4v) is 3.33. The fourth-order valence-electron chi connectivity index (χ4n) is 1.76. The molecule has 0 unspecified atom stereocenters. The SMILES string of the molecule is C1=CSSC1.CCCCCCCCCCCC. The van der Waals surface area contributed by atoms with Gasteiger partial charge in [0.2, 0.25) is 0 Å². The Labute approximate surface area is 117 Å². The van der Waals surface area contributed by atoms with E-state index in [0.29, 0.717) is 0 Å². The Morgan fingerprint density at radius 2 is 1.24 bits per heavy atom. The molecular formula is C15H30S2. The molecule has 1 aliphatic rings. The van der Waals surface area contributed by atoms with Crippen molar-refractivity contribution in [3.63, 3.8) is 0 Å². The predicted octanol–water partition coefficient (Wildman–Crippen LogP) is 6.82. The van der Waals surface area contributed by atoms with Crippen LogP contribution in [0.2, 0.25) is 0 Å². The van der Waals surface area contributed by atoms with Gasteiger partial charge in [-0.05, 0) is 5.41 Å². The topological polar surface area (TPSA) is 0 Å². The second-order valence-electron chi connectivity index (χ2n) is 4.58. The van der Waals surface area contributed by atoms with Crippen molar-refractivity contribution in [2.45, 2.75) is 78.1 Å². The molecule has 0 bridgehead atoms. The quantitative estimate of drug-likeness (QED) is 0.334. The van der Waals surface area contributed by atoms with Crippen LogP contribution in [0.15, 0.2) is 11.5 Å². The Balaban J connectivity index is 0.000000419. The fraction of sp³-hybridized carbons (Fsp3) is 0.867. The average Bonchev–Trinajstić information content (AvgIpc) is 2.92. The molecule has 0 N–H and O–H groups in total. The van der Waals surface area contributed by atoms with Crippen LogP contribution in [-0.4, -0.2) is 5.75 Å². The summed E-state index contributed by atoms with van der Waals surface area (Å²) in [4.78, 5) is 0. The molecule has 1 rings (SSSR count). The van der Waals surface area contributed by atoms with Gasteiger partial charge in [-0.1, -0.05) is 106 Å². The van der Waals surface area contributed by atoms with Crippen LogP contribution < -0.4 is 0 Å². The standard InChI is InChI=1S/C12H26.C3H4S2/c1-3-5-7-9-11-12-10-8-6-4-2;1-2-4-5-3-1/h3-12H2,1-2H3;1-2H,3H2. The molecule has 0 fully saturated rings. The third-order valence-electron chi connectivity index (χ3n) is 2.84. The molecule has 0 saturated carbocycles. The van der Waals surface area contributed by atoms with Gasteiger partial charge in [0.05, 0.1) is 0 Å². The van der Waals surface area contributed by atoms with Crippen molar-refractivity contribution in [1.82, 2.24) is 0 Å². The van der Waals surface area contributed by atoms with E-state index in [1.54, 1.807) is 0 Å². The summed E-state index contributed by atoms with van der Waals surface area (Å²) in [7, 11) is 3.69. The molecule has 0 aliphatic carbocycles. The smallest absolute Gasteiger partial charge is 0.0229 e. The summed E-state index contributed by atoms with van der Waals surface area (Å²) in [6.07, 6.45) is 16.6. The molecule has 0 spiro atoms. The molecule has 0 aromatic rings. The summed E-state index contributed by atoms with van der Waals surface area (Å²) in [5.74, 6) is 1.20. The van der Waals surface area contributed by atoms with Gasteiger partial charge in [0, 0.05) is 5.75 Å². The number of hydrogen-bond acceptors (Lipinski definition) is 2. The Bertz CT molecular complexity index is 139. The average molecular weight is 275 g/mol. The zero-order valence-corrected chi connectivity index (χ0v) is 13.4. The van der Waals surface area contributed by atoms with Crippen LogP contribution in [0.3, 0.4) is 0 Å². The highest BCUT2D eigenvalue weighted by Gasteiger charge is 1.90. The minimum absolute atomic E-state index is 1.20. The van der Waals surface area contributed by atoms with Gasteiger partial charge in [-0.25, -0.2) is 0 Å². The van der Waals surface area contributed by atoms with E-state index in [4.69, 9.17) is 0 Å². The summed E-state index contributed by atoms with van der Waals surface area (Å²) >= 11 is 0. The van der Waals surface area contributed by atoms with E-state index in [0.717, 1.165) is 0 Å². The van der Waals surface area contributed by atoms with Gasteiger partial charge in [0.1, 0.15) is 0 Å². The van der Waals surface area contributed by atoms with E-state index in [1.165, 1.54) is 70.0 Å². The first-order chi connectivity index (χ1) is 8.41. The van der Waals surface area contributed by atoms with E-state index in [1.807, 2.05) is 21.6 Å². The number of hydrogen-bond donors (Lipinski definition) is 0. The second-order valence-corrected chi connectivity index (χ2v) is 6.90. The van der Waals surface area contributed by atoms with Crippen molar-refractivity contribution >= 4 is 21.6 Å². The summed E-state index contributed by atoms with van der Waals surface area (Å²) < 4.78 is 0. The zero-order valence-electron chi connectivity index (χ0n) is 11.7. The lowest BCUT2D eigenvalue weighted by atomic mass is 10.1. The summed E-state index contributed by atoms with van der Waals surface area (Å²) in [6.45, 7) is 4.56. The third-order valence-corrected chi connectivity index (χ3v) is 4.76. The number of unbranched alkanes of at least 4 members (excludes halogenated alkanes) is 9. The lowest BCUT2D eigenvalue weighted by molar-refractivity contribution is 0.562. The minimum Gasteiger partial charge on any atom is -0.0854 e. The van der Waals surface area contributed by atoms with Crippen molar-refractivity contribution in [2.75, 3.05) is 5.75 Å². The number of rotatable bonds is 9. The van der Waals surface area contributed by atoms with E-state index < -0.39 is 0 Å². The molecule has 2 heteroatoms. The van der Waals surface area contributed by atoms with E-state index in [9.17, 15) is 0 Å². The van der Waals surface area contributed by atoms with Crippen LogP contribution in [0.25, 0.3) is 0 Å². The Kier molecular flexibility index (Phi) is 16.9. The first kappa shape index (κ1) is 17.4. The zero-order chi connectivity index (χ0) is 12.6. The molecule has 17 heavy (non-hydrogen) atoms. The van der Waals surface area contributed by atoms with Gasteiger partial charge in [0.25, 0.3) is 0 Å². The van der Waals surface area contributed by atoms with E-state index >= 15 is 0 Å². The Morgan fingerprint density at radius 1 is 0.765 bits per heavy atom. The molecule has 0 amide bonds. The maximum atomic E-state index is 2.28. The van der Waals surface area contributed by atoms with E-state index in [-0.39, 0.29) is 0 Å². The lowest BCUT2D eigenvalue weighted by Gasteiger charge is -1.99. The van der Waals surface area contributed by atoms with Gasteiger partial charge in [0.15, 0.2) is 0 Å². The summed E-state index contributed by atoms with van der Waals surface area (Å²) in [5, 5.41) is 2.12. The van der Waals surface area contributed by atoms with Crippen molar-refractivity contribution in [1.29, 1.82) is 0 Å². The molecule has 0 nitrogen and oxygen atoms in total. The largest absolute Gasteiger partial charge is 0.0854 e. The molecule has 0 radical (unpaired) electrons. The van der Waals surface area contributed by atoms with Crippen molar-refractivity contribution in [3.8, 4) is 0 Å². The normalized spacial score (nSPS) is 13.5. The monoisotopic (exact) mass is 274 g/mol. The van der Waals surface area contributed by atoms with Gasteiger partial charge < -0.3 is 0 Å². The maximum absolute atomic E-state index is 2.28. The first-order valence-corrected chi connectivity index (χ1v) is 9.73. The molecule has 0 aromatic carbocycles. The van der Waals surface area contributed by atoms with Crippen LogP contribution in [0.1, 0.15) is 78.1 Å². The molecule has 102 valence electrons. The summed E-state index contributed by atoms with van der Waals surface area (Å²) in [5.41, 5.74) is 0. The Morgan fingerprint density at radius 3 is 1.47 bits per heavy atom.